The van der Waals surface area contributed by atoms with Gasteiger partial charge in [0.1, 0.15) is 0 Å². The standard InChI is InChI=1S/C16H21N3O/c1-3-5-8-16(4-2,11-17)15(20)12-6-7-14-13(9-12)10-18-19-14/h6-7,9-11,17H,3-5,8H2,1-2H3,(H,18,19). The Bertz CT molecular complexity index is 617. The van der Waals surface area contributed by atoms with Crippen LogP contribution in [-0.4, -0.2) is 22.2 Å². The fourth-order valence-corrected chi connectivity index (χ4v) is 2.55. The zero-order valence-electron chi connectivity index (χ0n) is 12.1. The number of unbranched alkanes of at least 4 members (excludes halogenated alkanes) is 1. The summed E-state index contributed by atoms with van der Waals surface area (Å²) >= 11 is 0. The number of rotatable bonds is 7. The first-order chi connectivity index (χ1) is 9.66. The van der Waals surface area contributed by atoms with E-state index in [1.165, 1.54) is 6.21 Å². The first-order valence-corrected chi connectivity index (χ1v) is 7.16. The summed E-state index contributed by atoms with van der Waals surface area (Å²) in [4.78, 5) is 12.8. The second-order valence-electron chi connectivity index (χ2n) is 5.26. The van der Waals surface area contributed by atoms with E-state index in [0.29, 0.717) is 12.0 Å². The molecule has 4 nitrogen and oxygen atoms in total. The highest BCUT2D eigenvalue weighted by Gasteiger charge is 2.34. The van der Waals surface area contributed by atoms with Crippen molar-refractivity contribution in [2.75, 3.05) is 0 Å². The molecule has 4 heteroatoms. The van der Waals surface area contributed by atoms with Gasteiger partial charge in [-0.2, -0.15) is 5.10 Å². The predicted octanol–water partition coefficient (Wildman–Crippen LogP) is 3.98. The second kappa shape index (κ2) is 5.99. The van der Waals surface area contributed by atoms with Gasteiger partial charge in [0.15, 0.2) is 5.78 Å². The summed E-state index contributed by atoms with van der Waals surface area (Å²) in [6, 6.07) is 5.56. The minimum absolute atomic E-state index is 0.0477. The van der Waals surface area contributed by atoms with Crippen LogP contribution in [-0.2, 0) is 0 Å². The first-order valence-electron chi connectivity index (χ1n) is 7.16. The molecule has 0 spiro atoms. The van der Waals surface area contributed by atoms with Gasteiger partial charge in [-0.3, -0.25) is 9.89 Å². The Morgan fingerprint density at radius 2 is 2.25 bits per heavy atom. The van der Waals surface area contributed by atoms with Gasteiger partial charge in [-0.25, -0.2) is 0 Å². The Morgan fingerprint density at radius 3 is 2.90 bits per heavy atom. The van der Waals surface area contributed by atoms with E-state index < -0.39 is 5.41 Å². The molecular weight excluding hydrogens is 250 g/mol. The molecular formula is C16H21N3O. The summed E-state index contributed by atoms with van der Waals surface area (Å²) in [5.41, 5.74) is 0.931. The zero-order chi connectivity index (χ0) is 14.6. The van der Waals surface area contributed by atoms with Crippen molar-refractivity contribution in [1.29, 1.82) is 5.41 Å². The maximum atomic E-state index is 12.8. The number of aromatic nitrogens is 2. The number of nitrogens with one attached hydrogen (secondary N) is 2. The molecule has 0 saturated heterocycles. The number of benzene rings is 1. The second-order valence-corrected chi connectivity index (χ2v) is 5.26. The first kappa shape index (κ1) is 14.4. The summed E-state index contributed by atoms with van der Waals surface area (Å²) in [5, 5.41) is 15.5. The number of carbonyl (C=O) groups excluding carboxylic acids is 1. The molecule has 2 rings (SSSR count). The number of hydrogen-bond donors (Lipinski definition) is 2. The van der Waals surface area contributed by atoms with Crippen LogP contribution in [0.15, 0.2) is 24.4 Å². The number of hydrogen-bond acceptors (Lipinski definition) is 3. The Balaban J connectivity index is 2.37. The molecule has 0 aliphatic heterocycles. The molecule has 1 heterocycles. The van der Waals surface area contributed by atoms with E-state index in [0.717, 1.165) is 30.2 Å². The third-order valence-electron chi connectivity index (χ3n) is 4.04. The van der Waals surface area contributed by atoms with E-state index >= 15 is 0 Å². The molecule has 1 aromatic carbocycles. The minimum Gasteiger partial charge on any atom is -0.312 e. The number of fused-ring (bicyclic) bond motifs is 1. The summed E-state index contributed by atoms with van der Waals surface area (Å²) in [6.07, 6.45) is 6.46. The van der Waals surface area contributed by atoms with Crippen LogP contribution in [0.1, 0.15) is 49.9 Å². The van der Waals surface area contributed by atoms with Gasteiger partial charge < -0.3 is 5.41 Å². The minimum atomic E-state index is -0.659. The van der Waals surface area contributed by atoms with Gasteiger partial charge in [-0.15, -0.1) is 0 Å². The molecule has 20 heavy (non-hydrogen) atoms. The fourth-order valence-electron chi connectivity index (χ4n) is 2.55. The largest absolute Gasteiger partial charge is 0.312 e. The lowest BCUT2D eigenvalue weighted by atomic mass is 9.75. The third kappa shape index (κ3) is 2.50. The molecule has 0 aliphatic rings. The number of Topliss-reactive ketones (excluding diaryl/α,β-unsaturated/α-hetero) is 1. The molecule has 106 valence electrons. The highest BCUT2D eigenvalue weighted by atomic mass is 16.1. The molecule has 0 saturated carbocycles. The van der Waals surface area contributed by atoms with Crippen LogP contribution >= 0.6 is 0 Å². The number of H-pyrrole nitrogens is 1. The van der Waals surface area contributed by atoms with Crippen molar-refractivity contribution < 1.29 is 4.79 Å². The Labute approximate surface area is 119 Å². The average molecular weight is 271 g/mol. The van der Waals surface area contributed by atoms with E-state index in [-0.39, 0.29) is 5.78 Å². The maximum absolute atomic E-state index is 12.8. The van der Waals surface area contributed by atoms with Gasteiger partial charge in [0.25, 0.3) is 0 Å². The molecule has 2 N–H and O–H groups in total. The maximum Gasteiger partial charge on any atom is 0.174 e. The van der Waals surface area contributed by atoms with Gasteiger partial charge in [-0.05, 0) is 31.0 Å². The monoisotopic (exact) mass is 271 g/mol. The molecule has 0 amide bonds. The third-order valence-corrected chi connectivity index (χ3v) is 4.04. The highest BCUT2D eigenvalue weighted by Crippen LogP contribution is 2.31. The number of nitrogens with zero attached hydrogens (tertiary/aromatic N) is 1. The van der Waals surface area contributed by atoms with Crippen molar-refractivity contribution in [1.82, 2.24) is 10.2 Å². The predicted molar refractivity (Wildman–Crippen MR) is 81.5 cm³/mol. The van der Waals surface area contributed by atoms with Crippen molar-refractivity contribution in [3.63, 3.8) is 0 Å². The van der Waals surface area contributed by atoms with E-state index in [1.807, 2.05) is 25.1 Å². The van der Waals surface area contributed by atoms with Crippen molar-refractivity contribution in [2.24, 2.45) is 5.41 Å². The average Bonchev–Trinajstić information content (AvgIpc) is 2.96. The normalized spacial score (nSPS) is 14.1. The summed E-state index contributed by atoms with van der Waals surface area (Å²) in [6.45, 7) is 4.08. The van der Waals surface area contributed by atoms with E-state index in [9.17, 15) is 4.79 Å². The molecule has 1 unspecified atom stereocenters. The van der Waals surface area contributed by atoms with Crippen molar-refractivity contribution in [3.8, 4) is 0 Å². The molecule has 0 bridgehead atoms. The van der Waals surface area contributed by atoms with Crippen LogP contribution < -0.4 is 0 Å². The van der Waals surface area contributed by atoms with E-state index in [4.69, 9.17) is 5.41 Å². The summed E-state index contributed by atoms with van der Waals surface area (Å²) in [7, 11) is 0. The van der Waals surface area contributed by atoms with Crippen LogP contribution in [0.4, 0.5) is 0 Å². The van der Waals surface area contributed by atoms with Gasteiger partial charge in [0, 0.05) is 17.2 Å². The zero-order valence-corrected chi connectivity index (χ0v) is 12.1. The number of carbonyl (C=O) groups is 1. The smallest absolute Gasteiger partial charge is 0.174 e. The van der Waals surface area contributed by atoms with Crippen molar-refractivity contribution >= 4 is 22.9 Å². The molecule has 0 aliphatic carbocycles. The van der Waals surface area contributed by atoms with Crippen LogP contribution in [0.25, 0.3) is 10.9 Å². The lowest BCUT2D eigenvalue weighted by Gasteiger charge is -2.26. The Kier molecular flexibility index (Phi) is 4.32. The lowest BCUT2D eigenvalue weighted by molar-refractivity contribution is 0.0859. The van der Waals surface area contributed by atoms with E-state index in [2.05, 4.69) is 17.1 Å². The van der Waals surface area contributed by atoms with Crippen LogP contribution in [0.3, 0.4) is 0 Å². The van der Waals surface area contributed by atoms with Crippen molar-refractivity contribution in [2.45, 2.75) is 39.5 Å². The topological polar surface area (TPSA) is 69.6 Å². The van der Waals surface area contributed by atoms with Gasteiger partial charge in [0.2, 0.25) is 0 Å². The molecule has 0 radical (unpaired) electrons. The lowest BCUT2D eigenvalue weighted by Crippen LogP contribution is -2.32. The Morgan fingerprint density at radius 1 is 1.45 bits per heavy atom. The van der Waals surface area contributed by atoms with Gasteiger partial charge >= 0.3 is 0 Å². The number of aromatic amines is 1. The van der Waals surface area contributed by atoms with Crippen molar-refractivity contribution in [3.05, 3.63) is 30.0 Å². The van der Waals surface area contributed by atoms with Crippen LogP contribution in [0.5, 0.6) is 0 Å². The molecule has 2 aromatic rings. The van der Waals surface area contributed by atoms with Gasteiger partial charge in [0.05, 0.1) is 17.1 Å². The number of ketones is 1. The van der Waals surface area contributed by atoms with Crippen LogP contribution in [0.2, 0.25) is 0 Å². The molecule has 0 fully saturated rings. The van der Waals surface area contributed by atoms with Crippen LogP contribution in [0, 0.1) is 10.8 Å². The Hall–Kier alpha value is -1.97. The highest BCUT2D eigenvalue weighted by molar-refractivity contribution is 6.10. The molecule has 1 aromatic heterocycles. The molecule has 1 atom stereocenters. The quantitative estimate of drug-likeness (QED) is 0.590. The van der Waals surface area contributed by atoms with Gasteiger partial charge in [-0.1, -0.05) is 26.7 Å². The van der Waals surface area contributed by atoms with E-state index in [1.54, 1.807) is 6.20 Å². The SMILES string of the molecule is CCCCC(C=N)(CC)C(=O)c1ccc2[nH]ncc2c1. The summed E-state index contributed by atoms with van der Waals surface area (Å²) < 4.78 is 0. The summed E-state index contributed by atoms with van der Waals surface area (Å²) in [5.74, 6) is 0.0477. The fraction of sp³-hybridized carbons (Fsp3) is 0.438.